The Kier molecular flexibility index (Phi) is 3.10. The van der Waals surface area contributed by atoms with Crippen molar-refractivity contribution in [1.29, 1.82) is 0 Å². The molecule has 4 aromatic rings. The number of aromatic amines is 1. The number of rotatable bonds is 2. The van der Waals surface area contributed by atoms with E-state index in [1.54, 1.807) is 24.5 Å². The van der Waals surface area contributed by atoms with E-state index in [-0.39, 0.29) is 5.91 Å². The van der Waals surface area contributed by atoms with Gasteiger partial charge in [0.25, 0.3) is 5.91 Å². The maximum absolute atomic E-state index is 12.3. The molecular formula is C16H10ClN3OS. The fourth-order valence-electron chi connectivity index (χ4n) is 2.51. The SMILES string of the molecule is O=C(Nc1cc(Cl)cc2c1[nH]c1cnccc12)c1cccs1. The second-order valence-corrected chi connectivity index (χ2v) is 6.24. The predicted molar refractivity (Wildman–Crippen MR) is 90.9 cm³/mol. The molecule has 0 radical (unpaired) electrons. The smallest absolute Gasteiger partial charge is 0.265 e. The Morgan fingerprint density at radius 3 is 3.00 bits per heavy atom. The normalized spacial score (nSPS) is 11.1. The summed E-state index contributed by atoms with van der Waals surface area (Å²) >= 11 is 7.61. The first kappa shape index (κ1) is 13.3. The van der Waals surface area contributed by atoms with E-state index in [4.69, 9.17) is 11.6 Å². The number of benzene rings is 1. The molecule has 3 heterocycles. The molecule has 0 bridgehead atoms. The van der Waals surface area contributed by atoms with Crippen LogP contribution in [0.2, 0.25) is 5.02 Å². The van der Waals surface area contributed by atoms with Crippen LogP contribution in [0.25, 0.3) is 21.8 Å². The van der Waals surface area contributed by atoms with Crippen LogP contribution in [-0.4, -0.2) is 15.9 Å². The highest BCUT2D eigenvalue weighted by molar-refractivity contribution is 7.12. The number of fused-ring (bicyclic) bond motifs is 3. The molecule has 2 N–H and O–H groups in total. The van der Waals surface area contributed by atoms with Gasteiger partial charge >= 0.3 is 0 Å². The molecule has 1 aromatic carbocycles. The molecule has 4 rings (SSSR count). The lowest BCUT2D eigenvalue weighted by atomic mass is 10.1. The lowest BCUT2D eigenvalue weighted by molar-refractivity contribution is 0.103. The second kappa shape index (κ2) is 5.12. The van der Waals surface area contributed by atoms with Crippen molar-refractivity contribution in [2.24, 2.45) is 0 Å². The predicted octanol–water partition coefficient (Wildman–Crippen LogP) is 4.68. The van der Waals surface area contributed by atoms with Crippen molar-refractivity contribution >= 4 is 56.3 Å². The van der Waals surface area contributed by atoms with Gasteiger partial charge < -0.3 is 10.3 Å². The maximum atomic E-state index is 12.3. The van der Waals surface area contributed by atoms with Crippen molar-refractivity contribution < 1.29 is 4.79 Å². The van der Waals surface area contributed by atoms with Crippen LogP contribution in [0.5, 0.6) is 0 Å². The van der Waals surface area contributed by atoms with Crippen LogP contribution < -0.4 is 5.32 Å². The topological polar surface area (TPSA) is 57.8 Å². The summed E-state index contributed by atoms with van der Waals surface area (Å²) < 4.78 is 0. The van der Waals surface area contributed by atoms with Crippen molar-refractivity contribution in [1.82, 2.24) is 9.97 Å². The van der Waals surface area contributed by atoms with E-state index in [1.807, 2.05) is 23.6 Å². The monoisotopic (exact) mass is 327 g/mol. The molecule has 0 saturated carbocycles. The Balaban J connectivity index is 1.88. The van der Waals surface area contributed by atoms with Crippen LogP contribution >= 0.6 is 22.9 Å². The third-order valence-corrected chi connectivity index (χ3v) is 4.55. The molecule has 108 valence electrons. The van der Waals surface area contributed by atoms with Gasteiger partial charge in [0.1, 0.15) is 0 Å². The quantitative estimate of drug-likeness (QED) is 0.561. The van der Waals surface area contributed by atoms with Crippen molar-refractivity contribution in [3.8, 4) is 0 Å². The van der Waals surface area contributed by atoms with Crippen molar-refractivity contribution in [3.05, 3.63) is 58.0 Å². The zero-order valence-corrected chi connectivity index (χ0v) is 12.8. The molecule has 0 aliphatic carbocycles. The number of hydrogen-bond donors (Lipinski definition) is 2. The minimum atomic E-state index is -0.143. The van der Waals surface area contributed by atoms with Gasteiger partial charge in [0.05, 0.1) is 27.8 Å². The van der Waals surface area contributed by atoms with E-state index in [9.17, 15) is 4.79 Å². The van der Waals surface area contributed by atoms with Gasteiger partial charge in [-0.15, -0.1) is 11.3 Å². The van der Waals surface area contributed by atoms with Crippen LogP contribution in [-0.2, 0) is 0 Å². The van der Waals surface area contributed by atoms with Crippen LogP contribution in [0.15, 0.2) is 48.1 Å². The van der Waals surface area contributed by atoms with E-state index in [2.05, 4.69) is 15.3 Å². The van der Waals surface area contributed by atoms with Gasteiger partial charge in [-0.25, -0.2) is 0 Å². The highest BCUT2D eigenvalue weighted by Crippen LogP contribution is 2.33. The third-order valence-electron chi connectivity index (χ3n) is 3.47. The number of aromatic nitrogens is 2. The molecule has 0 spiro atoms. The van der Waals surface area contributed by atoms with Gasteiger partial charge in [-0.1, -0.05) is 17.7 Å². The molecule has 0 aliphatic heterocycles. The number of amides is 1. The largest absolute Gasteiger partial charge is 0.352 e. The molecule has 0 fully saturated rings. The fraction of sp³-hybridized carbons (Fsp3) is 0. The average molecular weight is 328 g/mol. The van der Waals surface area contributed by atoms with E-state index in [1.165, 1.54) is 11.3 Å². The first-order chi connectivity index (χ1) is 10.7. The number of carbonyl (C=O) groups is 1. The van der Waals surface area contributed by atoms with Crippen molar-refractivity contribution in [3.63, 3.8) is 0 Å². The Morgan fingerprint density at radius 1 is 1.27 bits per heavy atom. The molecule has 1 amide bonds. The number of pyridine rings is 1. The third kappa shape index (κ3) is 2.15. The minimum absolute atomic E-state index is 0.143. The minimum Gasteiger partial charge on any atom is -0.352 e. The van der Waals surface area contributed by atoms with Crippen molar-refractivity contribution in [2.45, 2.75) is 0 Å². The highest BCUT2D eigenvalue weighted by Gasteiger charge is 2.13. The summed E-state index contributed by atoms with van der Waals surface area (Å²) in [6.45, 7) is 0. The van der Waals surface area contributed by atoms with E-state index in [0.29, 0.717) is 15.6 Å². The number of halogens is 1. The molecule has 0 saturated heterocycles. The summed E-state index contributed by atoms with van der Waals surface area (Å²) in [5.41, 5.74) is 2.42. The molecule has 22 heavy (non-hydrogen) atoms. The highest BCUT2D eigenvalue weighted by atomic mass is 35.5. The number of nitrogens with zero attached hydrogens (tertiary/aromatic N) is 1. The number of H-pyrrole nitrogens is 1. The van der Waals surface area contributed by atoms with Gasteiger partial charge in [-0.2, -0.15) is 0 Å². The van der Waals surface area contributed by atoms with Gasteiger partial charge in [0, 0.05) is 22.0 Å². The molecule has 4 nitrogen and oxygen atoms in total. The lowest BCUT2D eigenvalue weighted by Crippen LogP contribution is -2.10. The van der Waals surface area contributed by atoms with Crippen LogP contribution in [0.4, 0.5) is 5.69 Å². The lowest BCUT2D eigenvalue weighted by Gasteiger charge is -2.06. The van der Waals surface area contributed by atoms with Crippen LogP contribution in [0.1, 0.15) is 9.67 Å². The summed E-state index contributed by atoms with van der Waals surface area (Å²) in [6, 6.07) is 9.20. The van der Waals surface area contributed by atoms with E-state index >= 15 is 0 Å². The average Bonchev–Trinajstić information content (AvgIpc) is 3.15. The number of anilines is 1. The Bertz CT molecular complexity index is 991. The number of nitrogens with one attached hydrogen (secondary N) is 2. The summed E-state index contributed by atoms with van der Waals surface area (Å²) in [5.74, 6) is -0.143. The molecule has 0 aliphatic rings. The van der Waals surface area contributed by atoms with E-state index < -0.39 is 0 Å². The molecule has 3 aromatic heterocycles. The summed E-state index contributed by atoms with van der Waals surface area (Å²) in [4.78, 5) is 20.3. The molecular weight excluding hydrogens is 318 g/mol. The first-order valence-electron chi connectivity index (χ1n) is 6.62. The Morgan fingerprint density at radius 2 is 2.18 bits per heavy atom. The maximum Gasteiger partial charge on any atom is 0.265 e. The summed E-state index contributed by atoms with van der Waals surface area (Å²) in [6.07, 6.45) is 3.49. The van der Waals surface area contributed by atoms with Gasteiger partial charge in [-0.05, 0) is 29.6 Å². The first-order valence-corrected chi connectivity index (χ1v) is 7.88. The fourth-order valence-corrected chi connectivity index (χ4v) is 3.34. The summed E-state index contributed by atoms with van der Waals surface area (Å²) in [5, 5.41) is 7.36. The van der Waals surface area contributed by atoms with Crippen LogP contribution in [0, 0.1) is 0 Å². The standard InChI is InChI=1S/C16H10ClN3OS/c17-9-6-11-10-3-4-18-8-13(10)19-15(11)12(7-9)20-16(21)14-2-1-5-22-14/h1-8,19H,(H,20,21). The Labute approximate surface area is 134 Å². The number of thiophene rings is 1. The number of carbonyl (C=O) groups excluding carboxylic acids is 1. The Hall–Kier alpha value is -2.37. The van der Waals surface area contributed by atoms with Gasteiger partial charge in [0.15, 0.2) is 0 Å². The van der Waals surface area contributed by atoms with Gasteiger partial charge in [-0.3, -0.25) is 9.78 Å². The summed E-state index contributed by atoms with van der Waals surface area (Å²) in [7, 11) is 0. The van der Waals surface area contributed by atoms with Crippen molar-refractivity contribution in [2.75, 3.05) is 5.32 Å². The van der Waals surface area contributed by atoms with Gasteiger partial charge in [0.2, 0.25) is 0 Å². The zero-order valence-electron chi connectivity index (χ0n) is 11.3. The molecule has 0 unspecified atom stereocenters. The zero-order chi connectivity index (χ0) is 15.1. The van der Waals surface area contributed by atoms with E-state index in [0.717, 1.165) is 21.8 Å². The van der Waals surface area contributed by atoms with Crippen LogP contribution in [0.3, 0.4) is 0 Å². The number of hydrogen-bond acceptors (Lipinski definition) is 3. The second-order valence-electron chi connectivity index (χ2n) is 4.85. The molecule has 6 heteroatoms. The molecule has 0 atom stereocenters.